The second-order valence-electron chi connectivity index (χ2n) is 6.70. The van der Waals surface area contributed by atoms with Crippen LogP contribution >= 0.6 is 0 Å². The zero-order valence-corrected chi connectivity index (χ0v) is 14.8. The number of carbonyl (C=O) groups excluding carboxylic acids is 1. The van der Waals surface area contributed by atoms with Gasteiger partial charge in [0.15, 0.2) is 0 Å². The number of aromatic nitrogens is 3. The van der Waals surface area contributed by atoms with Crippen LogP contribution in [-0.2, 0) is 17.8 Å². The molecule has 0 unspecified atom stereocenters. The number of aryl methyl sites for hydroxylation is 3. The molecule has 0 bridgehead atoms. The molecule has 1 atom stereocenters. The summed E-state index contributed by atoms with van der Waals surface area (Å²) in [6, 6.07) is 7.49. The van der Waals surface area contributed by atoms with E-state index >= 15 is 0 Å². The predicted octanol–water partition coefficient (Wildman–Crippen LogP) is 1.88. The Balaban J connectivity index is 1.63. The van der Waals surface area contributed by atoms with Crippen molar-refractivity contribution in [2.45, 2.75) is 52.1 Å². The molecule has 3 rings (SSSR count). The second kappa shape index (κ2) is 7.59. The normalized spacial score (nSPS) is 17.0. The van der Waals surface area contributed by atoms with Gasteiger partial charge in [-0.1, -0.05) is 0 Å². The van der Waals surface area contributed by atoms with E-state index in [4.69, 9.17) is 0 Å². The Bertz CT molecular complexity index is 815. The van der Waals surface area contributed by atoms with Crippen LogP contribution in [0, 0.1) is 13.8 Å². The van der Waals surface area contributed by atoms with Crippen LogP contribution in [-0.4, -0.2) is 38.2 Å². The Morgan fingerprint density at radius 1 is 1.24 bits per heavy atom. The number of carbonyl (C=O) groups is 1. The maximum absolute atomic E-state index is 12.7. The summed E-state index contributed by atoms with van der Waals surface area (Å²) in [4.78, 5) is 30.7. The van der Waals surface area contributed by atoms with Crippen LogP contribution in [0.1, 0.15) is 36.2 Å². The van der Waals surface area contributed by atoms with Gasteiger partial charge in [-0.2, -0.15) is 5.10 Å². The molecule has 1 aliphatic heterocycles. The lowest BCUT2D eigenvalue weighted by atomic mass is 10.0. The van der Waals surface area contributed by atoms with E-state index in [1.165, 1.54) is 16.3 Å². The van der Waals surface area contributed by atoms with Gasteiger partial charge in [0.2, 0.25) is 5.91 Å². The Hall–Kier alpha value is -2.50. The summed E-state index contributed by atoms with van der Waals surface area (Å²) in [7, 11) is 0. The van der Waals surface area contributed by atoms with Gasteiger partial charge in [0, 0.05) is 30.5 Å². The quantitative estimate of drug-likeness (QED) is 0.833. The van der Waals surface area contributed by atoms with E-state index < -0.39 is 0 Å². The Morgan fingerprint density at radius 2 is 2.08 bits per heavy atom. The summed E-state index contributed by atoms with van der Waals surface area (Å²) < 4.78 is 1.26. The smallest absolute Gasteiger partial charge is 0.267 e. The molecule has 1 fully saturated rings. The van der Waals surface area contributed by atoms with E-state index in [1.807, 2.05) is 31.0 Å². The van der Waals surface area contributed by atoms with Gasteiger partial charge in [0.25, 0.3) is 5.56 Å². The Kier molecular flexibility index (Phi) is 5.26. The average molecular weight is 340 g/mol. The molecule has 6 heteroatoms. The molecule has 0 radical (unpaired) electrons. The number of hydrogen-bond acceptors (Lipinski definition) is 4. The van der Waals surface area contributed by atoms with Crippen molar-refractivity contribution in [3.8, 4) is 0 Å². The zero-order chi connectivity index (χ0) is 17.8. The van der Waals surface area contributed by atoms with Crippen molar-refractivity contribution in [2.75, 3.05) is 6.54 Å². The average Bonchev–Trinajstić information content (AvgIpc) is 3.05. The van der Waals surface area contributed by atoms with Crippen LogP contribution in [0.4, 0.5) is 0 Å². The van der Waals surface area contributed by atoms with Crippen LogP contribution in [0.25, 0.3) is 0 Å². The highest BCUT2D eigenvalue weighted by atomic mass is 16.2. The highest BCUT2D eigenvalue weighted by Crippen LogP contribution is 2.22. The Morgan fingerprint density at radius 3 is 2.88 bits per heavy atom. The van der Waals surface area contributed by atoms with E-state index in [9.17, 15) is 9.59 Å². The summed E-state index contributed by atoms with van der Waals surface area (Å²) >= 11 is 0. The van der Waals surface area contributed by atoms with Crippen LogP contribution in [0.15, 0.2) is 35.3 Å². The molecule has 132 valence electrons. The number of likely N-dealkylation sites (tertiary alicyclic amines) is 1. The van der Waals surface area contributed by atoms with E-state index in [0.717, 1.165) is 43.6 Å². The third kappa shape index (κ3) is 4.32. The lowest BCUT2D eigenvalue weighted by molar-refractivity contribution is -0.133. The van der Waals surface area contributed by atoms with Gasteiger partial charge in [0.05, 0.1) is 5.69 Å². The van der Waals surface area contributed by atoms with E-state index in [0.29, 0.717) is 0 Å². The molecule has 0 saturated carbocycles. The lowest BCUT2D eigenvalue weighted by Crippen LogP contribution is -2.40. The monoisotopic (exact) mass is 340 g/mol. The minimum absolute atomic E-state index is 0.0192. The number of nitrogens with zero attached hydrogens (tertiary/aromatic N) is 4. The fourth-order valence-corrected chi connectivity index (χ4v) is 3.44. The summed E-state index contributed by atoms with van der Waals surface area (Å²) in [6.07, 6.45) is 5.73. The topological polar surface area (TPSA) is 68.1 Å². The first-order valence-corrected chi connectivity index (χ1v) is 8.79. The molecular formula is C19H24N4O2. The SMILES string of the molecule is Cc1cc(CC[C@H]2CCCN2C(=O)Cn2nc(C)ccc2=O)ccn1. The molecule has 1 amide bonds. The summed E-state index contributed by atoms with van der Waals surface area (Å²) in [6.45, 7) is 4.59. The zero-order valence-electron chi connectivity index (χ0n) is 14.8. The van der Waals surface area contributed by atoms with E-state index in [2.05, 4.69) is 16.1 Å². The predicted molar refractivity (Wildman–Crippen MR) is 95.3 cm³/mol. The molecule has 1 saturated heterocycles. The van der Waals surface area contributed by atoms with Crippen molar-refractivity contribution in [2.24, 2.45) is 0 Å². The third-order valence-corrected chi connectivity index (χ3v) is 4.71. The third-order valence-electron chi connectivity index (χ3n) is 4.71. The molecule has 6 nitrogen and oxygen atoms in total. The second-order valence-corrected chi connectivity index (χ2v) is 6.70. The van der Waals surface area contributed by atoms with Crippen molar-refractivity contribution < 1.29 is 4.79 Å². The van der Waals surface area contributed by atoms with Crippen LogP contribution in [0.5, 0.6) is 0 Å². The fraction of sp³-hybridized carbons (Fsp3) is 0.474. The van der Waals surface area contributed by atoms with Crippen molar-refractivity contribution in [3.05, 3.63) is 57.8 Å². The largest absolute Gasteiger partial charge is 0.338 e. The molecule has 25 heavy (non-hydrogen) atoms. The first-order chi connectivity index (χ1) is 12.0. The number of hydrogen-bond donors (Lipinski definition) is 0. The van der Waals surface area contributed by atoms with Gasteiger partial charge in [-0.25, -0.2) is 4.68 Å². The number of rotatable bonds is 5. The van der Waals surface area contributed by atoms with E-state index in [-0.39, 0.29) is 24.1 Å². The summed E-state index contributed by atoms with van der Waals surface area (Å²) in [5.74, 6) is -0.0198. The van der Waals surface area contributed by atoms with Crippen LogP contribution < -0.4 is 5.56 Å². The lowest BCUT2D eigenvalue weighted by Gasteiger charge is -2.25. The number of amides is 1. The van der Waals surface area contributed by atoms with Crippen molar-refractivity contribution in [1.29, 1.82) is 0 Å². The standard InChI is InChI=1S/C19H24N4O2/c1-14-5-8-18(24)23(21-14)13-19(25)22-11-3-4-17(22)7-6-16-9-10-20-15(2)12-16/h5,8-10,12,17H,3-4,6-7,11,13H2,1-2H3/t17-/m1/s1. The molecule has 0 spiro atoms. The number of pyridine rings is 1. The van der Waals surface area contributed by atoms with Crippen molar-refractivity contribution in [1.82, 2.24) is 19.7 Å². The highest BCUT2D eigenvalue weighted by molar-refractivity contribution is 5.76. The summed E-state index contributed by atoms with van der Waals surface area (Å²) in [5, 5.41) is 4.16. The summed E-state index contributed by atoms with van der Waals surface area (Å²) in [5.41, 5.74) is 2.77. The molecule has 1 aliphatic rings. The van der Waals surface area contributed by atoms with Gasteiger partial charge in [-0.05, 0) is 63.3 Å². The van der Waals surface area contributed by atoms with E-state index in [1.54, 1.807) is 6.07 Å². The van der Waals surface area contributed by atoms with Gasteiger partial charge in [0.1, 0.15) is 6.54 Å². The van der Waals surface area contributed by atoms with Crippen molar-refractivity contribution >= 4 is 5.91 Å². The molecule has 0 N–H and O–H groups in total. The minimum atomic E-state index is -0.234. The molecule has 3 heterocycles. The van der Waals surface area contributed by atoms with Gasteiger partial charge in [-0.15, -0.1) is 0 Å². The molecule has 0 aliphatic carbocycles. The maximum atomic E-state index is 12.7. The Labute approximate surface area is 147 Å². The van der Waals surface area contributed by atoms with Crippen LogP contribution in [0.2, 0.25) is 0 Å². The maximum Gasteiger partial charge on any atom is 0.267 e. The van der Waals surface area contributed by atoms with Gasteiger partial charge in [-0.3, -0.25) is 14.6 Å². The van der Waals surface area contributed by atoms with Crippen molar-refractivity contribution in [3.63, 3.8) is 0 Å². The fourth-order valence-electron chi connectivity index (χ4n) is 3.44. The first kappa shape index (κ1) is 17.3. The molecular weight excluding hydrogens is 316 g/mol. The molecule has 2 aromatic heterocycles. The highest BCUT2D eigenvalue weighted by Gasteiger charge is 2.28. The van der Waals surface area contributed by atoms with Crippen LogP contribution in [0.3, 0.4) is 0 Å². The molecule has 0 aromatic carbocycles. The van der Waals surface area contributed by atoms with Gasteiger partial charge >= 0.3 is 0 Å². The minimum Gasteiger partial charge on any atom is -0.338 e. The first-order valence-electron chi connectivity index (χ1n) is 8.79. The van der Waals surface area contributed by atoms with Gasteiger partial charge < -0.3 is 4.90 Å². The molecule has 2 aromatic rings.